The molecule has 0 saturated carbocycles. The van der Waals surface area contributed by atoms with Crippen LogP contribution in [0.3, 0.4) is 0 Å². The van der Waals surface area contributed by atoms with Gasteiger partial charge >= 0.3 is 0 Å². The molecule has 5 rings (SSSR count). The van der Waals surface area contributed by atoms with Crippen LogP contribution in [0.1, 0.15) is 48.5 Å². The van der Waals surface area contributed by atoms with E-state index in [4.69, 9.17) is 29.3 Å². The maximum atomic E-state index is 12.0. The summed E-state index contributed by atoms with van der Waals surface area (Å²) < 4.78 is 23.9. The zero-order chi connectivity index (χ0) is 24.9. The summed E-state index contributed by atoms with van der Waals surface area (Å²) in [5.74, 6) is 1.05. The molecule has 192 valence electrons. The highest BCUT2D eigenvalue weighted by Gasteiger charge is 2.27. The number of nitrogens with zero attached hydrogens (tertiary/aromatic N) is 2. The fourth-order valence-electron chi connectivity index (χ4n) is 4.95. The topological polar surface area (TPSA) is 112 Å². The summed E-state index contributed by atoms with van der Waals surface area (Å²) >= 11 is 0. The molecule has 3 N–H and O–H groups in total. The number of nitrogens with two attached hydrogens (primary N) is 1. The second-order valence-corrected chi connectivity index (χ2v) is 9.30. The first-order valence-electron chi connectivity index (χ1n) is 12.8. The third kappa shape index (κ3) is 5.57. The van der Waals surface area contributed by atoms with Gasteiger partial charge in [0.25, 0.3) is 11.9 Å². The Morgan fingerprint density at radius 3 is 2.67 bits per heavy atom. The van der Waals surface area contributed by atoms with Crippen molar-refractivity contribution in [3.63, 3.8) is 0 Å². The van der Waals surface area contributed by atoms with Crippen LogP contribution in [-0.2, 0) is 11.3 Å². The highest BCUT2D eigenvalue weighted by molar-refractivity contribution is 6.03. The first kappa shape index (κ1) is 24.4. The van der Waals surface area contributed by atoms with Crippen LogP contribution in [0.25, 0.3) is 11.1 Å². The molecule has 2 fully saturated rings. The second-order valence-electron chi connectivity index (χ2n) is 9.30. The SMILES string of the molecule is CCOc1cc(CN(c2nc3c(C(N)=O)cccc3o2)C2CCNCC2)cc(OC2CCOCC2)c1. The van der Waals surface area contributed by atoms with Crippen molar-refractivity contribution in [1.82, 2.24) is 10.3 Å². The fraction of sp³-hybridized carbons (Fsp3) is 0.481. The predicted molar refractivity (Wildman–Crippen MR) is 137 cm³/mol. The number of piperidine rings is 1. The minimum absolute atomic E-state index is 0.133. The molecule has 0 spiro atoms. The zero-order valence-electron chi connectivity index (χ0n) is 20.7. The molecule has 0 bridgehead atoms. The first-order valence-corrected chi connectivity index (χ1v) is 12.8. The number of rotatable bonds is 9. The molecule has 0 radical (unpaired) electrons. The van der Waals surface area contributed by atoms with Crippen LogP contribution < -0.4 is 25.4 Å². The summed E-state index contributed by atoms with van der Waals surface area (Å²) in [7, 11) is 0. The van der Waals surface area contributed by atoms with Crippen molar-refractivity contribution in [3.05, 3.63) is 47.5 Å². The van der Waals surface area contributed by atoms with Gasteiger partial charge in [-0.25, -0.2) is 0 Å². The number of nitrogens with one attached hydrogen (secondary N) is 1. The summed E-state index contributed by atoms with van der Waals surface area (Å²) in [6.07, 6.45) is 3.80. The van der Waals surface area contributed by atoms with E-state index >= 15 is 0 Å². The molecular formula is C27H34N4O5. The number of amides is 1. The lowest BCUT2D eigenvalue weighted by molar-refractivity contribution is 0.0254. The molecule has 2 aliphatic heterocycles. The number of carbonyl (C=O) groups excluding carboxylic acids is 1. The van der Waals surface area contributed by atoms with E-state index in [1.165, 1.54) is 0 Å². The van der Waals surface area contributed by atoms with Crippen molar-refractivity contribution in [3.8, 4) is 11.5 Å². The molecule has 0 atom stereocenters. The molecule has 9 nitrogen and oxygen atoms in total. The van der Waals surface area contributed by atoms with Crippen molar-refractivity contribution in [2.45, 2.75) is 51.3 Å². The zero-order valence-corrected chi connectivity index (χ0v) is 20.7. The van der Waals surface area contributed by atoms with Crippen molar-refractivity contribution in [2.24, 2.45) is 5.73 Å². The molecule has 0 unspecified atom stereocenters. The van der Waals surface area contributed by atoms with Crippen molar-refractivity contribution < 1.29 is 23.4 Å². The van der Waals surface area contributed by atoms with Crippen LogP contribution in [0.15, 0.2) is 40.8 Å². The van der Waals surface area contributed by atoms with Gasteiger partial charge in [-0.2, -0.15) is 4.98 Å². The van der Waals surface area contributed by atoms with Crippen LogP contribution in [0.5, 0.6) is 11.5 Å². The monoisotopic (exact) mass is 494 g/mol. The minimum Gasteiger partial charge on any atom is -0.494 e. The molecular weight excluding hydrogens is 460 g/mol. The van der Waals surface area contributed by atoms with E-state index in [0.717, 1.165) is 69.0 Å². The maximum absolute atomic E-state index is 12.0. The van der Waals surface area contributed by atoms with Gasteiger partial charge in [-0.15, -0.1) is 0 Å². The standard InChI is InChI=1S/C27H34N4O5/c1-2-34-21-14-18(15-22(16-21)35-20-8-12-33-13-9-20)17-31(19-6-10-29-11-7-19)27-30-25-23(26(28)32)4-3-5-24(25)36-27/h3-5,14-16,19-20,29H,2,6-13,17H2,1H3,(H2,28,32). The number of primary amides is 1. The molecule has 2 saturated heterocycles. The summed E-state index contributed by atoms with van der Waals surface area (Å²) in [5.41, 5.74) is 8.03. The van der Waals surface area contributed by atoms with Gasteiger partial charge in [-0.05, 0) is 62.7 Å². The lowest BCUT2D eigenvalue weighted by atomic mass is 10.0. The molecule has 3 aromatic rings. The Balaban J connectivity index is 1.48. The van der Waals surface area contributed by atoms with Gasteiger partial charge in [0.05, 0.1) is 25.4 Å². The third-order valence-electron chi connectivity index (χ3n) is 6.74. The van der Waals surface area contributed by atoms with Gasteiger partial charge in [-0.3, -0.25) is 4.79 Å². The summed E-state index contributed by atoms with van der Waals surface area (Å²) in [5, 5.41) is 3.43. The van der Waals surface area contributed by atoms with Crippen LogP contribution in [0, 0.1) is 0 Å². The van der Waals surface area contributed by atoms with Crippen LogP contribution in [0.4, 0.5) is 6.01 Å². The van der Waals surface area contributed by atoms with Crippen molar-refractivity contribution >= 4 is 23.0 Å². The fourth-order valence-corrected chi connectivity index (χ4v) is 4.95. The number of ether oxygens (including phenoxy) is 3. The Hall–Kier alpha value is -3.30. The van der Waals surface area contributed by atoms with Crippen LogP contribution >= 0.6 is 0 Å². The molecule has 2 aliphatic rings. The van der Waals surface area contributed by atoms with Crippen LogP contribution in [-0.4, -0.2) is 55.9 Å². The summed E-state index contributed by atoms with van der Waals surface area (Å²) in [6, 6.07) is 12.0. The van der Waals surface area contributed by atoms with Gasteiger partial charge in [-0.1, -0.05) is 6.07 Å². The van der Waals surface area contributed by atoms with E-state index in [1.54, 1.807) is 12.1 Å². The highest BCUT2D eigenvalue weighted by Crippen LogP contribution is 2.32. The largest absolute Gasteiger partial charge is 0.494 e. The number of hydrogen-bond donors (Lipinski definition) is 2. The number of fused-ring (bicyclic) bond motifs is 1. The average molecular weight is 495 g/mol. The Morgan fingerprint density at radius 1 is 1.14 bits per heavy atom. The Labute approximate surface area is 210 Å². The van der Waals surface area contributed by atoms with Crippen molar-refractivity contribution in [1.29, 1.82) is 0 Å². The second kappa shape index (κ2) is 11.2. The van der Waals surface area contributed by atoms with E-state index in [2.05, 4.69) is 16.3 Å². The Morgan fingerprint density at radius 2 is 1.92 bits per heavy atom. The van der Waals surface area contributed by atoms with Gasteiger partial charge in [0.15, 0.2) is 5.58 Å². The number of oxazole rings is 1. The quantitative estimate of drug-likeness (QED) is 0.464. The van der Waals surface area contributed by atoms with Crippen molar-refractivity contribution in [2.75, 3.05) is 37.8 Å². The number of para-hydroxylation sites is 1. The number of carbonyl (C=O) groups is 1. The van der Waals surface area contributed by atoms with Crippen LogP contribution in [0.2, 0.25) is 0 Å². The van der Waals surface area contributed by atoms with E-state index in [-0.39, 0.29) is 12.1 Å². The van der Waals surface area contributed by atoms with E-state index in [0.29, 0.717) is 35.8 Å². The minimum atomic E-state index is -0.520. The number of hydrogen-bond acceptors (Lipinski definition) is 8. The number of aromatic nitrogens is 1. The van der Waals surface area contributed by atoms with E-state index in [9.17, 15) is 4.79 Å². The summed E-state index contributed by atoms with van der Waals surface area (Å²) in [6.45, 7) is 6.39. The molecule has 9 heteroatoms. The lowest BCUT2D eigenvalue weighted by Gasteiger charge is -2.34. The molecule has 2 aromatic carbocycles. The van der Waals surface area contributed by atoms with Gasteiger partial charge in [0.1, 0.15) is 23.1 Å². The Kier molecular flexibility index (Phi) is 7.58. The average Bonchev–Trinajstić information content (AvgIpc) is 3.32. The van der Waals surface area contributed by atoms with Gasteiger partial charge < -0.3 is 34.6 Å². The highest BCUT2D eigenvalue weighted by atomic mass is 16.5. The predicted octanol–water partition coefficient (Wildman–Crippen LogP) is 3.64. The molecule has 1 aromatic heterocycles. The molecule has 1 amide bonds. The van der Waals surface area contributed by atoms with E-state index < -0.39 is 5.91 Å². The first-order chi connectivity index (χ1) is 17.6. The lowest BCUT2D eigenvalue weighted by Crippen LogP contribution is -2.43. The Bertz CT molecular complexity index is 1180. The number of anilines is 1. The maximum Gasteiger partial charge on any atom is 0.298 e. The molecule has 36 heavy (non-hydrogen) atoms. The number of benzene rings is 2. The van der Waals surface area contributed by atoms with Gasteiger partial charge in [0, 0.05) is 31.5 Å². The third-order valence-corrected chi connectivity index (χ3v) is 6.74. The molecule has 3 heterocycles. The van der Waals surface area contributed by atoms with E-state index in [1.807, 2.05) is 25.1 Å². The van der Waals surface area contributed by atoms with Gasteiger partial charge in [0.2, 0.25) is 0 Å². The molecule has 0 aliphatic carbocycles. The smallest absolute Gasteiger partial charge is 0.298 e. The normalized spacial score (nSPS) is 17.2. The summed E-state index contributed by atoms with van der Waals surface area (Å²) in [4.78, 5) is 18.9.